The van der Waals surface area contributed by atoms with Crippen molar-refractivity contribution in [3.8, 4) is 0 Å². The van der Waals surface area contributed by atoms with Crippen LogP contribution in [0.4, 0.5) is 0 Å². The Bertz CT molecular complexity index is 880. The fraction of sp³-hybridized carbons (Fsp3) is 0.158. The Morgan fingerprint density at radius 1 is 1.05 bits per heavy atom. The first kappa shape index (κ1) is 14.3. The average molecular weight is 292 g/mol. The van der Waals surface area contributed by atoms with E-state index in [1.54, 1.807) is 6.07 Å². The van der Waals surface area contributed by atoms with Crippen LogP contribution in [0.2, 0.25) is 0 Å². The maximum Gasteiger partial charge on any atom is 0.337 e. The summed E-state index contributed by atoms with van der Waals surface area (Å²) in [5.41, 5.74) is 1.53. The van der Waals surface area contributed by atoms with Crippen LogP contribution in [-0.2, 0) is 9.53 Å². The summed E-state index contributed by atoms with van der Waals surface area (Å²) in [6, 6.07) is 15.5. The molecule has 3 heteroatoms. The lowest BCUT2D eigenvalue weighted by Crippen LogP contribution is -2.01. The first-order chi connectivity index (χ1) is 10.7. The van der Waals surface area contributed by atoms with Crippen LogP contribution in [0.3, 0.4) is 0 Å². The molecule has 0 aliphatic carbocycles. The Balaban J connectivity index is 2.38. The number of hydrogen-bond acceptors (Lipinski definition) is 3. The minimum absolute atomic E-state index is 0.172. The standard InChI is InChI=1S/C19H16O3/c1-12(11-20)17-9-13-7-8-14(19(21)22-2)10-18(13)16-6-4-3-5-15(16)17/h3-12H,1-2H3. The smallest absolute Gasteiger partial charge is 0.337 e. The first-order valence-electron chi connectivity index (χ1n) is 7.14. The second-order valence-corrected chi connectivity index (χ2v) is 5.36. The van der Waals surface area contributed by atoms with Crippen molar-refractivity contribution in [3.05, 3.63) is 59.7 Å². The summed E-state index contributed by atoms with van der Waals surface area (Å²) in [7, 11) is 1.37. The number of carbonyl (C=O) groups excluding carboxylic acids is 2. The van der Waals surface area contributed by atoms with Crippen LogP contribution in [0.5, 0.6) is 0 Å². The van der Waals surface area contributed by atoms with E-state index in [0.29, 0.717) is 5.56 Å². The van der Waals surface area contributed by atoms with Crippen molar-refractivity contribution >= 4 is 33.8 Å². The van der Waals surface area contributed by atoms with Gasteiger partial charge >= 0.3 is 5.97 Å². The zero-order valence-corrected chi connectivity index (χ0v) is 12.5. The van der Waals surface area contributed by atoms with Gasteiger partial charge in [0.05, 0.1) is 12.7 Å². The molecule has 3 nitrogen and oxygen atoms in total. The minimum Gasteiger partial charge on any atom is -0.465 e. The normalized spacial score (nSPS) is 12.3. The lowest BCUT2D eigenvalue weighted by molar-refractivity contribution is -0.108. The van der Waals surface area contributed by atoms with Crippen LogP contribution in [0.25, 0.3) is 21.5 Å². The van der Waals surface area contributed by atoms with Gasteiger partial charge in [0.1, 0.15) is 6.29 Å². The molecule has 0 aliphatic heterocycles. The van der Waals surface area contributed by atoms with Gasteiger partial charge in [0.2, 0.25) is 0 Å². The topological polar surface area (TPSA) is 43.4 Å². The number of rotatable bonds is 3. The molecule has 0 amide bonds. The molecule has 0 fully saturated rings. The van der Waals surface area contributed by atoms with Crippen molar-refractivity contribution in [2.24, 2.45) is 0 Å². The third kappa shape index (κ3) is 2.25. The van der Waals surface area contributed by atoms with Gasteiger partial charge in [-0.3, -0.25) is 0 Å². The van der Waals surface area contributed by atoms with Gasteiger partial charge in [-0.2, -0.15) is 0 Å². The molecule has 0 aliphatic rings. The van der Waals surface area contributed by atoms with Gasteiger partial charge in [0.15, 0.2) is 0 Å². The number of esters is 1. The number of fused-ring (bicyclic) bond motifs is 3. The van der Waals surface area contributed by atoms with E-state index in [2.05, 4.69) is 0 Å². The maximum atomic E-state index is 11.7. The minimum atomic E-state index is -0.351. The summed E-state index contributed by atoms with van der Waals surface area (Å²) in [6.07, 6.45) is 0.955. The molecule has 0 aromatic heterocycles. The fourth-order valence-corrected chi connectivity index (χ4v) is 2.83. The van der Waals surface area contributed by atoms with Gasteiger partial charge in [-0.15, -0.1) is 0 Å². The lowest BCUT2D eigenvalue weighted by Gasteiger charge is -2.13. The van der Waals surface area contributed by atoms with E-state index in [9.17, 15) is 9.59 Å². The molecule has 0 saturated heterocycles. The van der Waals surface area contributed by atoms with Crippen LogP contribution < -0.4 is 0 Å². The van der Waals surface area contributed by atoms with Crippen LogP contribution in [0, 0.1) is 0 Å². The number of carbonyl (C=O) groups is 2. The molecule has 0 heterocycles. The molecule has 0 spiro atoms. The Hall–Kier alpha value is -2.68. The Labute approximate surface area is 128 Å². The second kappa shape index (κ2) is 5.60. The molecule has 1 unspecified atom stereocenters. The summed E-state index contributed by atoms with van der Waals surface area (Å²) in [6.45, 7) is 1.89. The van der Waals surface area contributed by atoms with Crippen molar-refractivity contribution in [1.82, 2.24) is 0 Å². The molecule has 110 valence electrons. The monoisotopic (exact) mass is 292 g/mol. The van der Waals surface area contributed by atoms with Gasteiger partial charge in [-0.25, -0.2) is 4.79 Å². The van der Waals surface area contributed by atoms with Crippen LogP contribution in [-0.4, -0.2) is 19.4 Å². The van der Waals surface area contributed by atoms with Gasteiger partial charge in [0, 0.05) is 5.92 Å². The highest BCUT2D eigenvalue weighted by Gasteiger charge is 2.13. The number of benzene rings is 3. The molecule has 1 atom stereocenters. The van der Waals surface area contributed by atoms with E-state index in [1.807, 2.05) is 49.4 Å². The summed E-state index contributed by atoms with van der Waals surface area (Å²) in [4.78, 5) is 23.0. The largest absolute Gasteiger partial charge is 0.465 e. The van der Waals surface area contributed by atoms with Crippen LogP contribution in [0.1, 0.15) is 28.8 Å². The zero-order valence-electron chi connectivity index (χ0n) is 12.5. The number of aldehydes is 1. The van der Waals surface area contributed by atoms with Crippen molar-refractivity contribution < 1.29 is 14.3 Å². The van der Waals surface area contributed by atoms with Crippen molar-refractivity contribution in [1.29, 1.82) is 0 Å². The van der Waals surface area contributed by atoms with E-state index in [0.717, 1.165) is 33.4 Å². The third-order valence-corrected chi connectivity index (χ3v) is 4.01. The quantitative estimate of drug-likeness (QED) is 0.415. The highest BCUT2D eigenvalue weighted by atomic mass is 16.5. The Morgan fingerprint density at radius 2 is 1.77 bits per heavy atom. The van der Waals surface area contributed by atoms with Crippen LogP contribution >= 0.6 is 0 Å². The van der Waals surface area contributed by atoms with E-state index in [4.69, 9.17) is 4.74 Å². The molecule has 0 radical (unpaired) electrons. The highest BCUT2D eigenvalue weighted by molar-refractivity contribution is 6.11. The predicted octanol–water partition coefficient (Wildman–Crippen LogP) is 4.08. The highest BCUT2D eigenvalue weighted by Crippen LogP contribution is 2.32. The molecule has 0 bridgehead atoms. The second-order valence-electron chi connectivity index (χ2n) is 5.36. The first-order valence-corrected chi connectivity index (χ1v) is 7.14. The van der Waals surface area contributed by atoms with E-state index < -0.39 is 0 Å². The van der Waals surface area contributed by atoms with Gasteiger partial charge < -0.3 is 9.53 Å². The number of hydrogen-bond donors (Lipinski definition) is 0. The summed E-state index contributed by atoms with van der Waals surface area (Å²) in [5.74, 6) is -0.522. The lowest BCUT2D eigenvalue weighted by atomic mass is 9.91. The van der Waals surface area contributed by atoms with E-state index in [1.165, 1.54) is 7.11 Å². The van der Waals surface area contributed by atoms with Crippen LogP contribution in [0.15, 0.2) is 48.5 Å². The van der Waals surface area contributed by atoms with Gasteiger partial charge in [0.25, 0.3) is 0 Å². The Morgan fingerprint density at radius 3 is 2.45 bits per heavy atom. The fourth-order valence-electron chi connectivity index (χ4n) is 2.83. The SMILES string of the molecule is COC(=O)c1ccc2cc(C(C)C=O)c3ccccc3c2c1. The van der Waals surface area contributed by atoms with E-state index >= 15 is 0 Å². The average Bonchev–Trinajstić information content (AvgIpc) is 2.59. The van der Waals surface area contributed by atoms with E-state index in [-0.39, 0.29) is 11.9 Å². The predicted molar refractivity (Wildman–Crippen MR) is 87.3 cm³/mol. The third-order valence-electron chi connectivity index (χ3n) is 4.01. The summed E-state index contributed by atoms with van der Waals surface area (Å²) < 4.78 is 4.79. The molecular weight excluding hydrogens is 276 g/mol. The molecular formula is C19H16O3. The summed E-state index contributed by atoms with van der Waals surface area (Å²) in [5, 5.41) is 4.07. The number of ether oxygens (including phenoxy) is 1. The van der Waals surface area contributed by atoms with Gasteiger partial charge in [-0.05, 0) is 45.3 Å². The molecule has 3 aromatic carbocycles. The summed E-state index contributed by atoms with van der Waals surface area (Å²) >= 11 is 0. The Kier molecular flexibility index (Phi) is 3.63. The number of methoxy groups -OCH3 is 1. The van der Waals surface area contributed by atoms with Crippen molar-refractivity contribution in [2.45, 2.75) is 12.8 Å². The molecule has 0 N–H and O–H groups in total. The molecule has 3 rings (SSSR count). The molecule has 0 saturated carbocycles. The maximum absolute atomic E-state index is 11.7. The van der Waals surface area contributed by atoms with Gasteiger partial charge in [-0.1, -0.05) is 37.3 Å². The van der Waals surface area contributed by atoms with Crippen molar-refractivity contribution in [3.63, 3.8) is 0 Å². The van der Waals surface area contributed by atoms with Crippen molar-refractivity contribution in [2.75, 3.05) is 7.11 Å². The zero-order chi connectivity index (χ0) is 15.7. The molecule has 3 aromatic rings. The molecule has 22 heavy (non-hydrogen) atoms.